The summed E-state index contributed by atoms with van der Waals surface area (Å²) in [5.74, 6) is -0.630. The number of hydrogen-bond donors (Lipinski definition) is 0. The molecule has 5 nitrogen and oxygen atoms in total. The number of likely N-dealkylation sites (N-methyl/N-ethyl adjacent to an activating group) is 1. The number of rotatable bonds is 5. The number of benzene rings is 2. The predicted octanol–water partition coefficient (Wildman–Crippen LogP) is 4.09. The molecule has 1 aliphatic heterocycles. The van der Waals surface area contributed by atoms with E-state index in [1.165, 1.54) is 6.92 Å². The summed E-state index contributed by atoms with van der Waals surface area (Å²) < 4.78 is 5.58. The van der Waals surface area contributed by atoms with E-state index in [0.717, 1.165) is 21.7 Å². The molecule has 0 aliphatic carbocycles. The van der Waals surface area contributed by atoms with Gasteiger partial charge < -0.3 is 14.5 Å². The van der Waals surface area contributed by atoms with Crippen LogP contribution < -0.4 is 4.90 Å². The van der Waals surface area contributed by atoms with Crippen molar-refractivity contribution in [2.45, 2.75) is 30.1 Å². The molecule has 2 aromatic rings. The molecule has 2 atom stereocenters. The third-order valence-electron chi connectivity index (χ3n) is 4.66. The summed E-state index contributed by atoms with van der Waals surface area (Å²) in [5, 5.41) is -0.303. The Morgan fingerprint density at radius 3 is 2.41 bits per heavy atom. The molecule has 156 valence electrons. The molecule has 0 bridgehead atoms. The molecule has 0 aromatic heterocycles. The first kappa shape index (κ1) is 23.3. The van der Waals surface area contributed by atoms with E-state index in [9.17, 15) is 9.59 Å². The van der Waals surface area contributed by atoms with Crippen molar-refractivity contribution < 1.29 is 14.3 Å². The number of carbonyl (C=O) groups excluding carboxylic acids is 2. The zero-order valence-corrected chi connectivity index (χ0v) is 18.8. The van der Waals surface area contributed by atoms with Gasteiger partial charge in [-0.25, -0.2) is 0 Å². The lowest BCUT2D eigenvalue weighted by molar-refractivity contribution is -0.152. The van der Waals surface area contributed by atoms with Crippen molar-refractivity contribution in [3.8, 4) is 0 Å². The van der Waals surface area contributed by atoms with Gasteiger partial charge in [-0.1, -0.05) is 42.0 Å². The van der Waals surface area contributed by atoms with E-state index in [2.05, 4.69) is 0 Å². The first-order chi connectivity index (χ1) is 13.4. The summed E-state index contributed by atoms with van der Waals surface area (Å²) in [7, 11) is 3.95. The lowest BCUT2D eigenvalue weighted by Gasteiger charge is -2.28. The molecule has 0 saturated heterocycles. The van der Waals surface area contributed by atoms with Gasteiger partial charge >= 0.3 is 5.97 Å². The van der Waals surface area contributed by atoms with Crippen LogP contribution in [0.3, 0.4) is 0 Å². The van der Waals surface area contributed by atoms with E-state index in [-0.39, 0.29) is 23.6 Å². The normalized spacial score (nSPS) is 18.7. The molecule has 1 heterocycles. The maximum Gasteiger partial charge on any atom is 0.303 e. The number of halogens is 1. The summed E-state index contributed by atoms with van der Waals surface area (Å²) in [4.78, 5) is 30.2. The smallest absolute Gasteiger partial charge is 0.303 e. The number of esters is 1. The highest BCUT2D eigenvalue weighted by molar-refractivity contribution is 7.99. The zero-order chi connectivity index (χ0) is 20.3. The Morgan fingerprint density at radius 2 is 1.79 bits per heavy atom. The number of carbonyl (C=O) groups is 2. The summed E-state index contributed by atoms with van der Waals surface area (Å²) in [6, 6.07) is 15.9. The van der Waals surface area contributed by atoms with Gasteiger partial charge in [0.25, 0.3) is 5.91 Å². The van der Waals surface area contributed by atoms with E-state index in [1.54, 1.807) is 16.7 Å². The van der Waals surface area contributed by atoms with Crippen LogP contribution in [0.15, 0.2) is 53.4 Å². The second kappa shape index (κ2) is 10.1. The van der Waals surface area contributed by atoms with Gasteiger partial charge in [0.1, 0.15) is 0 Å². The molecule has 0 fully saturated rings. The molecule has 7 heteroatoms. The van der Waals surface area contributed by atoms with E-state index < -0.39 is 12.1 Å². The van der Waals surface area contributed by atoms with Gasteiger partial charge in [-0.05, 0) is 38.7 Å². The fourth-order valence-corrected chi connectivity index (χ4v) is 4.52. The summed E-state index contributed by atoms with van der Waals surface area (Å²) in [6.45, 7) is 4.62. The quantitative estimate of drug-likeness (QED) is 0.663. The van der Waals surface area contributed by atoms with E-state index in [4.69, 9.17) is 4.74 Å². The van der Waals surface area contributed by atoms with Crippen LogP contribution in [0.1, 0.15) is 23.3 Å². The highest BCUT2D eigenvalue weighted by Crippen LogP contribution is 2.46. The van der Waals surface area contributed by atoms with Crippen LogP contribution in [0.4, 0.5) is 5.69 Å². The number of nitrogens with zero attached hydrogens (tertiary/aromatic N) is 2. The Labute approximate surface area is 182 Å². The van der Waals surface area contributed by atoms with Crippen LogP contribution in [0.5, 0.6) is 0 Å². The first-order valence-corrected chi connectivity index (χ1v) is 10.2. The van der Waals surface area contributed by atoms with Gasteiger partial charge in [-0.3, -0.25) is 9.59 Å². The molecule has 1 aliphatic rings. The van der Waals surface area contributed by atoms with Crippen LogP contribution in [0.25, 0.3) is 0 Å². The van der Waals surface area contributed by atoms with Crippen molar-refractivity contribution in [3.63, 3.8) is 0 Å². The van der Waals surface area contributed by atoms with E-state index in [1.807, 2.05) is 74.4 Å². The molecule has 2 aromatic carbocycles. The topological polar surface area (TPSA) is 49.9 Å². The van der Waals surface area contributed by atoms with Crippen LogP contribution in [0, 0.1) is 6.92 Å². The maximum atomic E-state index is 13.5. The van der Waals surface area contributed by atoms with Crippen molar-refractivity contribution in [2.75, 3.05) is 32.1 Å². The number of anilines is 1. The maximum absolute atomic E-state index is 13.5. The average Bonchev–Trinajstić information content (AvgIpc) is 2.76. The molecule has 1 amide bonds. The lowest BCUT2D eigenvalue weighted by Crippen LogP contribution is -2.45. The number of fused-ring (bicyclic) bond motifs is 1. The SMILES string of the molecule is CC(=O)O[C@H]1C(=O)N(CCN(C)C)c2ccccc2S[C@H]1c1ccc(C)cc1.Cl. The Balaban J connectivity index is 0.00000300. The monoisotopic (exact) mass is 434 g/mol. The number of para-hydroxylation sites is 1. The molecule has 0 unspecified atom stereocenters. The van der Waals surface area contributed by atoms with Gasteiger partial charge in [0.2, 0.25) is 0 Å². The van der Waals surface area contributed by atoms with E-state index >= 15 is 0 Å². The molecule has 3 rings (SSSR count). The highest BCUT2D eigenvalue weighted by Gasteiger charge is 2.40. The highest BCUT2D eigenvalue weighted by atomic mass is 35.5. The molecule has 29 heavy (non-hydrogen) atoms. The fourth-order valence-electron chi connectivity index (χ4n) is 3.20. The number of thioether (sulfide) groups is 1. The Morgan fingerprint density at radius 1 is 1.14 bits per heavy atom. The van der Waals surface area contributed by atoms with Crippen molar-refractivity contribution in [2.24, 2.45) is 0 Å². The molecule has 0 saturated carbocycles. The zero-order valence-electron chi connectivity index (χ0n) is 17.1. The standard InChI is InChI=1S/C22H26N2O3S.ClH/c1-15-9-11-17(12-10-15)21-20(27-16(2)25)22(26)24(14-13-23(3)4)18-7-5-6-8-19(18)28-21;/h5-12,20-21H,13-14H2,1-4H3;1H/t20-,21+;/m1./s1. The second-order valence-electron chi connectivity index (χ2n) is 7.24. The van der Waals surface area contributed by atoms with Crippen LogP contribution >= 0.6 is 24.2 Å². The molecular weight excluding hydrogens is 408 g/mol. The fraction of sp³-hybridized carbons (Fsp3) is 0.364. The minimum atomic E-state index is -0.875. The largest absolute Gasteiger partial charge is 0.451 e. The van der Waals surface area contributed by atoms with Crippen molar-refractivity contribution in [1.29, 1.82) is 0 Å². The Kier molecular flexibility index (Phi) is 8.14. The first-order valence-electron chi connectivity index (χ1n) is 9.32. The molecule has 0 spiro atoms. The van der Waals surface area contributed by atoms with Gasteiger partial charge in [-0.2, -0.15) is 0 Å². The van der Waals surface area contributed by atoms with Gasteiger partial charge in [0.05, 0.1) is 10.9 Å². The predicted molar refractivity (Wildman–Crippen MR) is 120 cm³/mol. The third-order valence-corrected chi connectivity index (χ3v) is 6.04. The van der Waals surface area contributed by atoms with Crippen molar-refractivity contribution in [3.05, 3.63) is 59.7 Å². The van der Waals surface area contributed by atoms with Gasteiger partial charge in [0.15, 0.2) is 6.10 Å². The minimum absolute atomic E-state index is 0. The van der Waals surface area contributed by atoms with E-state index in [0.29, 0.717) is 13.1 Å². The number of amides is 1. The molecule has 0 N–H and O–H groups in total. The summed E-state index contributed by atoms with van der Waals surface area (Å²) in [5.41, 5.74) is 2.98. The average molecular weight is 435 g/mol. The van der Waals surface area contributed by atoms with Crippen molar-refractivity contribution in [1.82, 2.24) is 4.90 Å². The molecular formula is C22H27ClN2O3S. The minimum Gasteiger partial charge on any atom is -0.451 e. The van der Waals surface area contributed by atoms with Crippen LogP contribution in [-0.2, 0) is 14.3 Å². The van der Waals surface area contributed by atoms with Crippen molar-refractivity contribution >= 4 is 41.7 Å². The molecule has 0 radical (unpaired) electrons. The number of hydrogen-bond acceptors (Lipinski definition) is 5. The van der Waals surface area contributed by atoms with Crippen LogP contribution in [0.2, 0.25) is 0 Å². The van der Waals surface area contributed by atoms with Crippen LogP contribution in [-0.4, -0.2) is 50.1 Å². The van der Waals surface area contributed by atoms with Gasteiger partial charge in [-0.15, -0.1) is 24.2 Å². The van der Waals surface area contributed by atoms with Gasteiger partial charge in [0, 0.05) is 24.9 Å². The second-order valence-corrected chi connectivity index (χ2v) is 8.42. The Hall–Kier alpha value is -2.02. The Bertz CT molecular complexity index is 857. The number of ether oxygens (including phenoxy) is 1. The number of aryl methyl sites for hydroxylation is 1. The lowest BCUT2D eigenvalue weighted by atomic mass is 10.0. The third kappa shape index (κ3) is 5.53. The summed E-state index contributed by atoms with van der Waals surface area (Å²) >= 11 is 1.58. The summed E-state index contributed by atoms with van der Waals surface area (Å²) in [6.07, 6.45) is -0.875.